The summed E-state index contributed by atoms with van der Waals surface area (Å²) in [6, 6.07) is 8.75. The van der Waals surface area contributed by atoms with E-state index in [-0.39, 0.29) is 5.69 Å². The van der Waals surface area contributed by atoms with E-state index in [0.29, 0.717) is 11.2 Å². The van der Waals surface area contributed by atoms with E-state index in [1.54, 1.807) is 29.9 Å². The van der Waals surface area contributed by atoms with Gasteiger partial charge in [-0.25, -0.2) is 9.48 Å². The third-order valence-electron chi connectivity index (χ3n) is 3.32. The van der Waals surface area contributed by atoms with E-state index < -0.39 is 17.8 Å². The summed E-state index contributed by atoms with van der Waals surface area (Å²) in [5.41, 5.74) is 1.05. The Morgan fingerprint density at radius 3 is 2.50 bits per heavy atom. The van der Waals surface area contributed by atoms with E-state index in [2.05, 4.69) is 20.9 Å². The molecular weight excluding hydrogens is 323 g/mol. The molecule has 1 aromatic heterocycles. The van der Waals surface area contributed by atoms with Crippen LogP contribution < -0.4 is 10.6 Å². The number of hydrogen-bond acceptors (Lipinski definition) is 3. The number of urea groups is 1. The maximum atomic E-state index is 12.7. The van der Waals surface area contributed by atoms with Crippen molar-refractivity contribution in [2.75, 3.05) is 10.6 Å². The fourth-order valence-electron chi connectivity index (χ4n) is 2.19. The number of anilines is 2. The summed E-state index contributed by atoms with van der Waals surface area (Å²) in [4.78, 5) is 11.9. The number of aryl methyl sites for hydroxylation is 1. The van der Waals surface area contributed by atoms with Crippen molar-refractivity contribution in [1.82, 2.24) is 15.0 Å². The minimum atomic E-state index is -4.47. The van der Waals surface area contributed by atoms with Crippen molar-refractivity contribution in [3.05, 3.63) is 48.0 Å². The molecule has 0 aliphatic rings. The van der Waals surface area contributed by atoms with Gasteiger partial charge in [0.25, 0.3) is 0 Å². The zero-order chi connectivity index (χ0) is 17.3. The van der Waals surface area contributed by atoms with E-state index in [1.807, 2.05) is 0 Å². The number of nitrogens with one attached hydrogen (secondary N) is 2. The van der Waals surface area contributed by atoms with Crippen LogP contribution in [0.15, 0.2) is 42.5 Å². The Morgan fingerprint density at radius 2 is 1.79 bits per heavy atom. The van der Waals surface area contributed by atoms with Crippen molar-refractivity contribution in [1.29, 1.82) is 0 Å². The first-order valence-electron chi connectivity index (χ1n) is 6.87. The standard InChI is InChI=1S/C15H12F3N5O/c1-23-13-6-5-11(8-12(13)21-22-23)20-14(24)19-10-4-2-3-9(7-10)15(16,17)18/h2-8H,1H3,(H2,19,20,24). The first-order chi connectivity index (χ1) is 11.3. The SMILES string of the molecule is Cn1nnc2cc(NC(=O)Nc3cccc(C(F)(F)F)c3)ccc21. The van der Waals surface area contributed by atoms with Crippen molar-refractivity contribution >= 4 is 28.4 Å². The van der Waals surface area contributed by atoms with Gasteiger partial charge in [-0.15, -0.1) is 5.10 Å². The second-order valence-electron chi connectivity index (χ2n) is 5.07. The second kappa shape index (κ2) is 5.84. The zero-order valence-corrected chi connectivity index (χ0v) is 12.4. The molecule has 3 aromatic rings. The number of benzene rings is 2. The summed E-state index contributed by atoms with van der Waals surface area (Å²) in [6.07, 6.45) is -4.47. The number of hydrogen-bond donors (Lipinski definition) is 2. The molecule has 0 aliphatic heterocycles. The maximum absolute atomic E-state index is 12.7. The number of alkyl halides is 3. The molecule has 0 saturated heterocycles. The van der Waals surface area contributed by atoms with Crippen LogP contribution in [0.1, 0.15) is 5.56 Å². The van der Waals surface area contributed by atoms with Gasteiger partial charge >= 0.3 is 12.2 Å². The molecule has 1 heterocycles. The van der Waals surface area contributed by atoms with E-state index in [1.165, 1.54) is 12.1 Å². The Balaban J connectivity index is 1.73. The minimum Gasteiger partial charge on any atom is -0.308 e. The summed E-state index contributed by atoms with van der Waals surface area (Å²) in [5, 5.41) is 12.7. The lowest BCUT2D eigenvalue weighted by Crippen LogP contribution is -2.19. The molecule has 124 valence electrons. The van der Waals surface area contributed by atoms with Crippen molar-refractivity contribution in [3.8, 4) is 0 Å². The molecule has 0 saturated carbocycles. The summed E-state index contributed by atoms with van der Waals surface area (Å²) >= 11 is 0. The summed E-state index contributed by atoms with van der Waals surface area (Å²) in [7, 11) is 1.74. The largest absolute Gasteiger partial charge is 0.416 e. The van der Waals surface area contributed by atoms with Crippen LogP contribution in [0.5, 0.6) is 0 Å². The van der Waals surface area contributed by atoms with Crippen LogP contribution in [-0.4, -0.2) is 21.0 Å². The molecule has 0 fully saturated rings. The first kappa shape index (κ1) is 15.8. The molecule has 0 spiro atoms. The van der Waals surface area contributed by atoms with Crippen molar-refractivity contribution < 1.29 is 18.0 Å². The molecule has 2 aromatic carbocycles. The number of amides is 2. The number of halogens is 3. The predicted octanol–water partition coefficient (Wildman–Crippen LogP) is 3.63. The van der Waals surface area contributed by atoms with Crippen LogP contribution in [-0.2, 0) is 13.2 Å². The van der Waals surface area contributed by atoms with E-state index in [9.17, 15) is 18.0 Å². The summed E-state index contributed by atoms with van der Waals surface area (Å²) in [6.45, 7) is 0. The fourth-order valence-corrected chi connectivity index (χ4v) is 2.19. The normalized spacial score (nSPS) is 11.5. The monoisotopic (exact) mass is 335 g/mol. The van der Waals surface area contributed by atoms with Gasteiger partial charge in [0.2, 0.25) is 0 Å². The van der Waals surface area contributed by atoms with Crippen LogP contribution in [0.4, 0.5) is 29.3 Å². The number of nitrogens with zero attached hydrogens (tertiary/aromatic N) is 3. The van der Waals surface area contributed by atoms with Crippen LogP contribution in [0.2, 0.25) is 0 Å². The van der Waals surface area contributed by atoms with Crippen LogP contribution in [0, 0.1) is 0 Å². The zero-order valence-electron chi connectivity index (χ0n) is 12.4. The van der Waals surface area contributed by atoms with Crippen LogP contribution >= 0.6 is 0 Å². The molecule has 0 bridgehead atoms. The second-order valence-corrected chi connectivity index (χ2v) is 5.07. The van der Waals surface area contributed by atoms with Crippen LogP contribution in [0.25, 0.3) is 11.0 Å². The summed E-state index contributed by atoms with van der Waals surface area (Å²) < 4.78 is 39.6. The van der Waals surface area contributed by atoms with Crippen molar-refractivity contribution in [2.45, 2.75) is 6.18 Å². The Hall–Kier alpha value is -3.10. The molecule has 9 heteroatoms. The van der Waals surface area contributed by atoms with Crippen molar-refractivity contribution in [3.63, 3.8) is 0 Å². The highest BCUT2D eigenvalue weighted by Crippen LogP contribution is 2.30. The van der Waals surface area contributed by atoms with Gasteiger partial charge in [0.15, 0.2) is 0 Å². The quantitative estimate of drug-likeness (QED) is 0.751. The lowest BCUT2D eigenvalue weighted by Gasteiger charge is -2.10. The first-order valence-corrected chi connectivity index (χ1v) is 6.87. The highest BCUT2D eigenvalue weighted by Gasteiger charge is 2.30. The molecule has 3 rings (SSSR count). The van der Waals surface area contributed by atoms with Gasteiger partial charge in [-0.3, -0.25) is 0 Å². The van der Waals surface area contributed by atoms with E-state index >= 15 is 0 Å². The van der Waals surface area contributed by atoms with E-state index in [0.717, 1.165) is 17.6 Å². The third kappa shape index (κ3) is 3.29. The Labute approximate surface area is 134 Å². The maximum Gasteiger partial charge on any atom is 0.416 e. The average molecular weight is 335 g/mol. The van der Waals surface area contributed by atoms with Gasteiger partial charge in [0.05, 0.1) is 11.1 Å². The summed E-state index contributed by atoms with van der Waals surface area (Å²) in [5.74, 6) is 0. The average Bonchev–Trinajstić information content (AvgIpc) is 2.87. The number of rotatable bonds is 2. The smallest absolute Gasteiger partial charge is 0.308 e. The van der Waals surface area contributed by atoms with Gasteiger partial charge in [-0.05, 0) is 36.4 Å². The van der Waals surface area contributed by atoms with Gasteiger partial charge in [-0.1, -0.05) is 11.3 Å². The van der Waals surface area contributed by atoms with Gasteiger partial charge < -0.3 is 10.6 Å². The minimum absolute atomic E-state index is 0.0444. The number of fused-ring (bicyclic) bond motifs is 1. The highest BCUT2D eigenvalue weighted by atomic mass is 19.4. The lowest BCUT2D eigenvalue weighted by atomic mass is 10.2. The molecular formula is C15H12F3N5O. The Bertz CT molecular complexity index is 904. The molecule has 0 radical (unpaired) electrons. The number of aromatic nitrogens is 3. The fraction of sp³-hybridized carbons (Fsp3) is 0.133. The highest BCUT2D eigenvalue weighted by molar-refractivity contribution is 6.00. The Morgan fingerprint density at radius 1 is 1.08 bits per heavy atom. The predicted molar refractivity (Wildman–Crippen MR) is 82.6 cm³/mol. The molecule has 0 unspecified atom stereocenters. The van der Waals surface area contributed by atoms with Gasteiger partial charge in [0.1, 0.15) is 5.52 Å². The third-order valence-corrected chi connectivity index (χ3v) is 3.32. The molecule has 0 aliphatic carbocycles. The van der Waals surface area contributed by atoms with E-state index in [4.69, 9.17) is 0 Å². The molecule has 6 nitrogen and oxygen atoms in total. The molecule has 2 N–H and O–H groups in total. The number of carbonyl (C=O) groups is 1. The topological polar surface area (TPSA) is 71.8 Å². The Kier molecular flexibility index (Phi) is 3.84. The molecule has 24 heavy (non-hydrogen) atoms. The van der Waals surface area contributed by atoms with Gasteiger partial charge in [0, 0.05) is 18.4 Å². The van der Waals surface area contributed by atoms with Crippen LogP contribution in [0.3, 0.4) is 0 Å². The molecule has 2 amide bonds. The molecule has 0 atom stereocenters. The van der Waals surface area contributed by atoms with Gasteiger partial charge in [-0.2, -0.15) is 13.2 Å². The lowest BCUT2D eigenvalue weighted by molar-refractivity contribution is -0.137. The number of carbonyl (C=O) groups excluding carboxylic acids is 1. The van der Waals surface area contributed by atoms with Crippen molar-refractivity contribution in [2.24, 2.45) is 7.05 Å².